The molecule has 2 amide bonds. The molecule has 1 atom stereocenters. The van der Waals surface area contributed by atoms with E-state index in [1.54, 1.807) is 17.0 Å². The average Bonchev–Trinajstić information content (AvgIpc) is 2.87. The number of hydrogen-bond donors (Lipinski definition) is 1. The summed E-state index contributed by atoms with van der Waals surface area (Å²) in [5.41, 5.74) is 0.464. The van der Waals surface area contributed by atoms with Crippen LogP contribution in [0, 0.1) is 5.92 Å². The summed E-state index contributed by atoms with van der Waals surface area (Å²) in [7, 11) is 0. The molecule has 3 rings (SSSR count). The van der Waals surface area contributed by atoms with E-state index >= 15 is 0 Å². The number of rotatable bonds is 3. The van der Waals surface area contributed by atoms with Gasteiger partial charge < -0.3 is 19.7 Å². The second kappa shape index (κ2) is 7.95. The minimum atomic E-state index is -0.159. The number of likely N-dealkylation sites (tertiary alicyclic amines) is 1. The van der Waals surface area contributed by atoms with Crippen molar-refractivity contribution in [3.8, 4) is 11.5 Å². The molecule has 7 heteroatoms. The van der Waals surface area contributed by atoms with Gasteiger partial charge in [-0.1, -0.05) is 11.6 Å². The maximum atomic E-state index is 12.9. The van der Waals surface area contributed by atoms with E-state index in [2.05, 4.69) is 5.32 Å². The minimum Gasteiger partial charge on any atom is -0.489 e. The van der Waals surface area contributed by atoms with Gasteiger partial charge in [0.05, 0.1) is 24.2 Å². The molecule has 6 nitrogen and oxygen atoms in total. The van der Waals surface area contributed by atoms with Gasteiger partial charge in [0.2, 0.25) is 5.91 Å². The Morgan fingerprint density at radius 2 is 2.08 bits per heavy atom. The summed E-state index contributed by atoms with van der Waals surface area (Å²) in [5.74, 6) is 0.719. The van der Waals surface area contributed by atoms with Crippen LogP contribution in [0.4, 0.5) is 0 Å². The van der Waals surface area contributed by atoms with Crippen LogP contribution >= 0.6 is 11.6 Å². The summed E-state index contributed by atoms with van der Waals surface area (Å²) < 4.78 is 11.3. The molecule has 1 fully saturated rings. The predicted octanol–water partition coefficient (Wildman–Crippen LogP) is 2.49. The van der Waals surface area contributed by atoms with Crippen molar-refractivity contribution in [3.05, 3.63) is 22.7 Å². The fraction of sp³-hybridized carbons (Fsp3) is 0.556. The third-order valence-corrected chi connectivity index (χ3v) is 4.76. The molecule has 2 aliphatic rings. The summed E-state index contributed by atoms with van der Waals surface area (Å²) in [4.78, 5) is 26.7. The van der Waals surface area contributed by atoms with Gasteiger partial charge >= 0.3 is 0 Å². The van der Waals surface area contributed by atoms with Crippen LogP contribution in [-0.2, 0) is 4.79 Å². The maximum Gasteiger partial charge on any atom is 0.254 e. The van der Waals surface area contributed by atoms with Crippen molar-refractivity contribution in [2.45, 2.75) is 26.2 Å². The first-order chi connectivity index (χ1) is 12.1. The Bertz CT molecular complexity index is 665. The van der Waals surface area contributed by atoms with Crippen molar-refractivity contribution in [1.82, 2.24) is 10.2 Å². The highest BCUT2D eigenvalue weighted by Crippen LogP contribution is 2.38. The Hall–Kier alpha value is -1.95. The first-order valence-electron chi connectivity index (χ1n) is 8.76. The largest absolute Gasteiger partial charge is 0.489 e. The van der Waals surface area contributed by atoms with E-state index in [0.717, 1.165) is 19.3 Å². The van der Waals surface area contributed by atoms with Gasteiger partial charge in [0, 0.05) is 31.6 Å². The Kier molecular flexibility index (Phi) is 5.68. The number of nitrogens with one attached hydrogen (secondary N) is 1. The second-order valence-corrected chi connectivity index (χ2v) is 6.73. The van der Waals surface area contributed by atoms with Gasteiger partial charge in [-0.25, -0.2) is 0 Å². The van der Waals surface area contributed by atoms with Crippen LogP contribution < -0.4 is 14.8 Å². The highest BCUT2D eigenvalue weighted by molar-refractivity contribution is 6.32. The Labute approximate surface area is 152 Å². The van der Waals surface area contributed by atoms with Crippen molar-refractivity contribution >= 4 is 23.4 Å². The van der Waals surface area contributed by atoms with E-state index in [4.69, 9.17) is 21.1 Å². The molecule has 0 spiro atoms. The molecule has 0 aromatic heterocycles. The molecule has 1 N–H and O–H groups in total. The second-order valence-electron chi connectivity index (χ2n) is 6.32. The Balaban J connectivity index is 1.77. The van der Waals surface area contributed by atoms with E-state index in [0.29, 0.717) is 54.9 Å². The van der Waals surface area contributed by atoms with Gasteiger partial charge in [-0.05, 0) is 31.9 Å². The molecule has 0 aliphatic carbocycles. The number of ether oxygens (including phenoxy) is 2. The number of fused-ring (bicyclic) bond motifs is 1. The molecule has 25 heavy (non-hydrogen) atoms. The third-order valence-electron chi connectivity index (χ3n) is 4.48. The number of carbonyl (C=O) groups is 2. The van der Waals surface area contributed by atoms with Gasteiger partial charge in [-0.2, -0.15) is 0 Å². The standard InChI is InChI=1S/C18H23ClN2O4/c1-2-20-17(22)12-5-3-6-21(11-12)18(23)13-9-14(19)16-15(10-13)24-7-4-8-25-16/h9-10,12H,2-8,11H2,1H3,(H,20,22). The van der Waals surface area contributed by atoms with E-state index in [9.17, 15) is 9.59 Å². The highest BCUT2D eigenvalue weighted by Gasteiger charge is 2.29. The maximum absolute atomic E-state index is 12.9. The molecule has 2 aliphatic heterocycles. The molecule has 0 bridgehead atoms. The zero-order valence-electron chi connectivity index (χ0n) is 14.3. The van der Waals surface area contributed by atoms with Crippen molar-refractivity contribution in [2.24, 2.45) is 5.92 Å². The number of benzene rings is 1. The highest BCUT2D eigenvalue weighted by atomic mass is 35.5. The lowest BCUT2D eigenvalue weighted by Gasteiger charge is -2.32. The molecule has 1 unspecified atom stereocenters. The lowest BCUT2D eigenvalue weighted by atomic mass is 9.96. The van der Waals surface area contributed by atoms with Crippen molar-refractivity contribution in [3.63, 3.8) is 0 Å². The smallest absolute Gasteiger partial charge is 0.254 e. The zero-order chi connectivity index (χ0) is 17.8. The summed E-state index contributed by atoms with van der Waals surface area (Å²) >= 11 is 6.28. The first-order valence-corrected chi connectivity index (χ1v) is 9.14. The number of nitrogens with zero attached hydrogens (tertiary/aromatic N) is 1. The van der Waals surface area contributed by atoms with Crippen LogP contribution in [-0.4, -0.2) is 49.6 Å². The van der Waals surface area contributed by atoms with E-state index in [-0.39, 0.29) is 17.7 Å². The SMILES string of the molecule is CCNC(=O)C1CCCN(C(=O)c2cc(Cl)c3c(c2)OCCCO3)C1. The molecule has 1 aromatic rings. The van der Waals surface area contributed by atoms with Crippen LogP contribution in [0.15, 0.2) is 12.1 Å². The Morgan fingerprint density at radius 3 is 2.88 bits per heavy atom. The summed E-state index contributed by atoms with van der Waals surface area (Å²) in [6.45, 7) is 4.63. The molecule has 1 aromatic carbocycles. The number of piperidine rings is 1. The van der Waals surface area contributed by atoms with E-state index < -0.39 is 0 Å². The number of halogens is 1. The Morgan fingerprint density at radius 1 is 1.28 bits per heavy atom. The monoisotopic (exact) mass is 366 g/mol. The molecule has 0 radical (unpaired) electrons. The average molecular weight is 367 g/mol. The van der Waals surface area contributed by atoms with Gasteiger partial charge in [-0.3, -0.25) is 9.59 Å². The lowest BCUT2D eigenvalue weighted by molar-refractivity contribution is -0.126. The van der Waals surface area contributed by atoms with Gasteiger partial charge in [-0.15, -0.1) is 0 Å². The topological polar surface area (TPSA) is 67.9 Å². The number of amides is 2. The molecular formula is C18H23ClN2O4. The van der Waals surface area contributed by atoms with Gasteiger partial charge in [0.1, 0.15) is 0 Å². The van der Waals surface area contributed by atoms with Crippen LogP contribution in [0.2, 0.25) is 5.02 Å². The summed E-state index contributed by atoms with van der Waals surface area (Å²) in [5, 5.41) is 3.21. The fourth-order valence-electron chi connectivity index (χ4n) is 3.23. The van der Waals surface area contributed by atoms with Crippen molar-refractivity contribution in [2.75, 3.05) is 32.8 Å². The van der Waals surface area contributed by atoms with Crippen LogP contribution in [0.5, 0.6) is 11.5 Å². The molecule has 0 saturated carbocycles. The molecular weight excluding hydrogens is 344 g/mol. The van der Waals surface area contributed by atoms with E-state index in [1.165, 1.54) is 0 Å². The van der Waals surface area contributed by atoms with Gasteiger partial charge in [0.15, 0.2) is 11.5 Å². The quantitative estimate of drug-likeness (QED) is 0.892. The zero-order valence-corrected chi connectivity index (χ0v) is 15.1. The molecule has 1 saturated heterocycles. The van der Waals surface area contributed by atoms with Crippen LogP contribution in [0.1, 0.15) is 36.5 Å². The number of hydrogen-bond acceptors (Lipinski definition) is 4. The van der Waals surface area contributed by atoms with Crippen LogP contribution in [0.3, 0.4) is 0 Å². The number of carbonyl (C=O) groups excluding carboxylic acids is 2. The molecule has 136 valence electrons. The third kappa shape index (κ3) is 4.00. The van der Waals surface area contributed by atoms with Gasteiger partial charge in [0.25, 0.3) is 5.91 Å². The normalized spacial score (nSPS) is 19.9. The van der Waals surface area contributed by atoms with E-state index in [1.807, 2.05) is 6.92 Å². The first kappa shape index (κ1) is 17.9. The summed E-state index contributed by atoms with van der Waals surface area (Å²) in [6, 6.07) is 3.30. The van der Waals surface area contributed by atoms with Crippen LogP contribution in [0.25, 0.3) is 0 Å². The molecule has 2 heterocycles. The minimum absolute atomic E-state index is 0.0108. The fourth-order valence-corrected chi connectivity index (χ4v) is 3.50. The van der Waals surface area contributed by atoms with Crippen molar-refractivity contribution in [1.29, 1.82) is 0 Å². The predicted molar refractivity (Wildman–Crippen MR) is 94.4 cm³/mol. The lowest BCUT2D eigenvalue weighted by Crippen LogP contribution is -2.45. The summed E-state index contributed by atoms with van der Waals surface area (Å²) in [6.07, 6.45) is 2.39. The van der Waals surface area contributed by atoms with Crippen molar-refractivity contribution < 1.29 is 19.1 Å².